The lowest BCUT2D eigenvalue weighted by atomic mass is 9.81. The third-order valence-corrected chi connectivity index (χ3v) is 5.48. The molecule has 0 saturated heterocycles. The predicted octanol–water partition coefficient (Wildman–Crippen LogP) is 1.08. The molecule has 9 heteroatoms. The van der Waals surface area contributed by atoms with Crippen molar-refractivity contribution in [2.24, 2.45) is 0 Å². The quantitative estimate of drug-likeness (QED) is 0.738. The maximum absolute atomic E-state index is 13.4. The Kier molecular flexibility index (Phi) is 4.16. The van der Waals surface area contributed by atoms with E-state index >= 15 is 0 Å². The molecule has 152 valence electrons. The summed E-state index contributed by atoms with van der Waals surface area (Å²) in [5.41, 5.74) is 0.420. The summed E-state index contributed by atoms with van der Waals surface area (Å²) in [7, 11) is 4.14. The lowest BCUT2D eigenvalue weighted by Gasteiger charge is -2.44. The third-order valence-electron chi connectivity index (χ3n) is 5.48. The van der Waals surface area contributed by atoms with Crippen molar-refractivity contribution in [3.05, 3.63) is 52.5 Å². The largest absolute Gasteiger partial charge is 0.465 e. The SMILES string of the molecule is COC(=O)C1=C(C(=O)OC)C2(O[C@H]3N(C)C=CN13)C(=O)Nc1c(C)ccc(C)c12. The first-order valence-electron chi connectivity index (χ1n) is 8.97. The van der Waals surface area contributed by atoms with Crippen LogP contribution in [-0.2, 0) is 34.2 Å². The molecule has 1 amide bonds. The summed E-state index contributed by atoms with van der Waals surface area (Å²) in [5.74, 6) is -2.19. The molecular formula is C20H21N3O6. The van der Waals surface area contributed by atoms with Crippen LogP contribution < -0.4 is 5.32 Å². The molecule has 0 saturated carbocycles. The highest BCUT2D eigenvalue weighted by atomic mass is 16.6. The van der Waals surface area contributed by atoms with E-state index in [1.54, 1.807) is 24.3 Å². The van der Waals surface area contributed by atoms with E-state index < -0.39 is 29.8 Å². The van der Waals surface area contributed by atoms with E-state index in [0.29, 0.717) is 11.3 Å². The monoisotopic (exact) mass is 399 g/mol. The molecule has 0 bridgehead atoms. The number of anilines is 1. The molecule has 3 aliphatic heterocycles. The van der Waals surface area contributed by atoms with Gasteiger partial charge in [0.05, 0.1) is 19.9 Å². The van der Waals surface area contributed by atoms with Gasteiger partial charge in [-0.1, -0.05) is 12.1 Å². The van der Waals surface area contributed by atoms with Crippen LogP contribution in [0.5, 0.6) is 0 Å². The van der Waals surface area contributed by atoms with Gasteiger partial charge in [0, 0.05) is 25.0 Å². The average Bonchev–Trinajstić information content (AvgIpc) is 3.22. The first-order chi connectivity index (χ1) is 13.8. The number of carbonyl (C=O) groups excluding carboxylic acids is 3. The Balaban J connectivity index is 2.12. The molecule has 1 N–H and O–H groups in total. The van der Waals surface area contributed by atoms with Gasteiger partial charge in [0.25, 0.3) is 5.91 Å². The molecule has 1 aromatic carbocycles. The number of amides is 1. The minimum atomic E-state index is -1.86. The van der Waals surface area contributed by atoms with Gasteiger partial charge >= 0.3 is 11.9 Å². The second-order valence-electron chi connectivity index (χ2n) is 7.11. The molecule has 1 spiro atoms. The van der Waals surface area contributed by atoms with Gasteiger partial charge in [-0.25, -0.2) is 9.59 Å². The van der Waals surface area contributed by atoms with Crippen LogP contribution >= 0.6 is 0 Å². The van der Waals surface area contributed by atoms with E-state index in [1.807, 2.05) is 26.0 Å². The minimum absolute atomic E-state index is 0.0971. The predicted molar refractivity (Wildman–Crippen MR) is 101 cm³/mol. The molecule has 0 aromatic heterocycles. The van der Waals surface area contributed by atoms with Crippen LogP contribution in [0.4, 0.5) is 5.69 Å². The van der Waals surface area contributed by atoms with Crippen LogP contribution in [0.15, 0.2) is 35.8 Å². The van der Waals surface area contributed by atoms with Gasteiger partial charge in [-0.05, 0) is 25.0 Å². The van der Waals surface area contributed by atoms with E-state index in [0.717, 1.165) is 11.1 Å². The fourth-order valence-electron chi connectivity index (χ4n) is 4.10. The summed E-state index contributed by atoms with van der Waals surface area (Å²) in [4.78, 5) is 42.3. The maximum atomic E-state index is 13.4. The van der Waals surface area contributed by atoms with Gasteiger partial charge in [0.2, 0.25) is 12.0 Å². The maximum Gasteiger partial charge on any atom is 0.355 e. The molecule has 0 aliphatic carbocycles. The molecule has 0 radical (unpaired) electrons. The van der Waals surface area contributed by atoms with Crippen molar-refractivity contribution in [2.45, 2.75) is 25.8 Å². The second kappa shape index (κ2) is 6.35. The van der Waals surface area contributed by atoms with E-state index in [-0.39, 0.29) is 11.3 Å². The molecule has 1 unspecified atom stereocenters. The zero-order chi connectivity index (χ0) is 21.1. The van der Waals surface area contributed by atoms with E-state index in [9.17, 15) is 14.4 Å². The molecule has 29 heavy (non-hydrogen) atoms. The number of aryl methyl sites for hydroxylation is 2. The zero-order valence-electron chi connectivity index (χ0n) is 16.7. The standard InChI is InChI=1S/C20H21N3O6/c1-10-6-7-11(2)14-12(10)20(18(26)21-14)13(16(24)27-4)15(17(25)28-5)23-9-8-22(3)19(23)29-20/h6-9,19H,1-5H3,(H,21,26)/t19-,20?/m0/s1. The number of nitrogens with one attached hydrogen (secondary N) is 1. The van der Waals surface area contributed by atoms with Crippen molar-refractivity contribution in [1.82, 2.24) is 9.80 Å². The van der Waals surface area contributed by atoms with Crippen LogP contribution in [0.2, 0.25) is 0 Å². The number of esters is 2. The van der Waals surface area contributed by atoms with Crippen LogP contribution in [0.1, 0.15) is 16.7 Å². The van der Waals surface area contributed by atoms with Gasteiger partial charge < -0.3 is 24.4 Å². The summed E-state index contributed by atoms with van der Waals surface area (Å²) in [6, 6.07) is 3.71. The minimum Gasteiger partial charge on any atom is -0.465 e. The van der Waals surface area contributed by atoms with Gasteiger partial charge in [-0.2, -0.15) is 0 Å². The first-order valence-corrected chi connectivity index (χ1v) is 8.97. The Morgan fingerprint density at radius 3 is 2.41 bits per heavy atom. The molecule has 3 heterocycles. The van der Waals surface area contributed by atoms with Crippen LogP contribution in [0.25, 0.3) is 0 Å². The number of methoxy groups -OCH3 is 2. The normalized spacial score (nSPS) is 24.6. The Labute approximate surface area is 167 Å². The number of hydrogen-bond acceptors (Lipinski definition) is 8. The van der Waals surface area contributed by atoms with Crippen molar-refractivity contribution in [1.29, 1.82) is 0 Å². The van der Waals surface area contributed by atoms with Gasteiger partial charge in [-0.3, -0.25) is 9.69 Å². The number of ether oxygens (including phenoxy) is 3. The van der Waals surface area contributed by atoms with E-state index in [2.05, 4.69) is 5.32 Å². The lowest BCUT2D eigenvalue weighted by molar-refractivity contribution is -0.192. The van der Waals surface area contributed by atoms with Gasteiger partial charge in [0.15, 0.2) is 0 Å². The molecule has 9 nitrogen and oxygen atoms in total. The summed E-state index contributed by atoms with van der Waals surface area (Å²) >= 11 is 0. The van der Waals surface area contributed by atoms with Crippen LogP contribution in [0, 0.1) is 13.8 Å². The second-order valence-corrected chi connectivity index (χ2v) is 7.11. The number of carbonyl (C=O) groups is 3. The van der Waals surface area contributed by atoms with Crippen molar-refractivity contribution >= 4 is 23.5 Å². The molecular weight excluding hydrogens is 378 g/mol. The summed E-state index contributed by atoms with van der Waals surface area (Å²) in [5, 5.41) is 2.83. The number of fused-ring (bicyclic) bond motifs is 3. The van der Waals surface area contributed by atoms with Crippen molar-refractivity contribution < 1.29 is 28.6 Å². The summed E-state index contributed by atoms with van der Waals surface area (Å²) in [6.07, 6.45) is 2.44. The lowest BCUT2D eigenvalue weighted by Crippen LogP contribution is -2.57. The zero-order valence-corrected chi connectivity index (χ0v) is 16.7. The number of benzene rings is 1. The van der Waals surface area contributed by atoms with Gasteiger partial charge in [-0.15, -0.1) is 0 Å². The number of nitrogens with zero attached hydrogens (tertiary/aromatic N) is 2. The highest BCUT2D eigenvalue weighted by Crippen LogP contribution is 2.52. The Morgan fingerprint density at radius 2 is 1.76 bits per heavy atom. The molecule has 0 fully saturated rings. The number of rotatable bonds is 2. The van der Waals surface area contributed by atoms with Crippen LogP contribution in [0.3, 0.4) is 0 Å². The fraction of sp³-hybridized carbons (Fsp3) is 0.350. The third kappa shape index (κ3) is 2.34. The molecule has 3 aliphatic rings. The topological polar surface area (TPSA) is 97.4 Å². The van der Waals surface area contributed by atoms with Crippen molar-refractivity contribution in [3.8, 4) is 0 Å². The Morgan fingerprint density at radius 1 is 1.10 bits per heavy atom. The summed E-state index contributed by atoms with van der Waals surface area (Å²) < 4.78 is 16.3. The van der Waals surface area contributed by atoms with Crippen LogP contribution in [-0.4, -0.2) is 55.3 Å². The van der Waals surface area contributed by atoms with E-state index in [4.69, 9.17) is 14.2 Å². The Hall–Kier alpha value is -3.33. The average molecular weight is 399 g/mol. The molecule has 2 atom stereocenters. The van der Waals surface area contributed by atoms with Crippen molar-refractivity contribution in [2.75, 3.05) is 26.6 Å². The van der Waals surface area contributed by atoms with E-state index in [1.165, 1.54) is 19.1 Å². The molecule has 1 aromatic rings. The Bertz CT molecular complexity index is 1010. The van der Waals surface area contributed by atoms with Gasteiger partial charge in [0.1, 0.15) is 11.3 Å². The molecule has 4 rings (SSSR count). The highest BCUT2D eigenvalue weighted by Gasteiger charge is 2.62. The fourth-order valence-corrected chi connectivity index (χ4v) is 4.10. The first kappa shape index (κ1) is 19.0. The number of hydrogen-bond donors (Lipinski definition) is 1. The smallest absolute Gasteiger partial charge is 0.355 e. The summed E-state index contributed by atoms with van der Waals surface area (Å²) in [6.45, 7) is 3.66. The van der Waals surface area contributed by atoms with Crippen molar-refractivity contribution in [3.63, 3.8) is 0 Å². The highest BCUT2D eigenvalue weighted by molar-refractivity contribution is 6.16.